The number of rotatable bonds is 5. The van der Waals surface area contributed by atoms with Crippen LogP contribution < -0.4 is 10.9 Å². The largest absolute Gasteiger partial charge is 0.325 e. The maximum atomic E-state index is 12.0. The number of benzene rings is 1. The van der Waals surface area contributed by atoms with Crippen LogP contribution in [-0.4, -0.2) is 21.6 Å². The van der Waals surface area contributed by atoms with Crippen molar-refractivity contribution in [2.45, 2.75) is 18.5 Å². The molecule has 0 atom stereocenters. The summed E-state index contributed by atoms with van der Waals surface area (Å²) in [5, 5.41) is 12.6. The summed E-state index contributed by atoms with van der Waals surface area (Å²) in [5.41, 5.74) is 0.429. The molecule has 0 saturated carbocycles. The summed E-state index contributed by atoms with van der Waals surface area (Å²) in [6.45, 7) is 1.80. The van der Waals surface area contributed by atoms with E-state index in [4.69, 9.17) is 28.5 Å². The summed E-state index contributed by atoms with van der Waals surface area (Å²) in [5.74, 6) is -0.249. The molecule has 1 aromatic carbocycles. The predicted molar refractivity (Wildman–Crippen MR) is 94.8 cm³/mol. The summed E-state index contributed by atoms with van der Waals surface area (Å²) in [6, 6.07) is 6.59. The zero-order chi connectivity index (χ0) is 17.7. The summed E-state index contributed by atoms with van der Waals surface area (Å²) in [4.78, 5) is 30.4. The van der Waals surface area contributed by atoms with Crippen LogP contribution in [0.5, 0.6) is 0 Å². The highest BCUT2D eigenvalue weighted by Crippen LogP contribution is 2.25. The number of carbonyl (C=O) groups is 1. The van der Waals surface area contributed by atoms with Crippen LogP contribution in [0.1, 0.15) is 18.2 Å². The molecule has 24 heavy (non-hydrogen) atoms. The van der Waals surface area contributed by atoms with E-state index in [0.717, 1.165) is 11.8 Å². The molecule has 2 N–H and O–H groups in total. The summed E-state index contributed by atoms with van der Waals surface area (Å²) >= 11 is 12.8. The molecule has 0 unspecified atom stereocenters. The fourth-order valence-electron chi connectivity index (χ4n) is 1.84. The van der Waals surface area contributed by atoms with E-state index in [0.29, 0.717) is 33.0 Å². The molecule has 0 fully saturated rings. The van der Waals surface area contributed by atoms with E-state index in [9.17, 15) is 9.59 Å². The van der Waals surface area contributed by atoms with Crippen molar-refractivity contribution in [3.8, 4) is 6.07 Å². The number of nitrogens with one attached hydrogen (secondary N) is 2. The summed E-state index contributed by atoms with van der Waals surface area (Å²) in [6.07, 6.45) is 0.454. The van der Waals surface area contributed by atoms with Crippen molar-refractivity contribution >= 4 is 46.6 Å². The van der Waals surface area contributed by atoms with Gasteiger partial charge in [-0.15, -0.1) is 0 Å². The summed E-state index contributed by atoms with van der Waals surface area (Å²) in [7, 11) is 0. The molecular weight excluding hydrogens is 371 g/mol. The van der Waals surface area contributed by atoms with Crippen molar-refractivity contribution in [3.63, 3.8) is 0 Å². The Labute approximate surface area is 152 Å². The highest BCUT2D eigenvalue weighted by atomic mass is 35.5. The monoisotopic (exact) mass is 382 g/mol. The number of halogens is 2. The van der Waals surface area contributed by atoms with Crippen molar-refractivity contribution in [2.24, 2.45) is 0 Å². The van der Waals surface area contributed by atoms with Crippen LogP contribution in [0.2, 0.25) is 10.0 Å². The van der Waals surface area contributed by atoms with Gasteiger partial charge < -0.3 is 10.3 Å². The van der Waals surface area contributed by atoms with E-state index in [1.165, 1.54) is 0 Å². The standard InChI is InChI=1S/C15H12Cl2N4O2S/c1-2-12-9(6-18)14(23)21-15(20-12)24-7-13(22)19-8-3-4-10(16)11(17)5-8/h3-5H,2,7H2,1H3,(H,19,22)(H,20,21,23). The Kier molecular flexibility index (Phi) is 6.26. The lowest BCUT2D eigenvalue weighted by molar-refractivity contribution is -0.113. The average Bonchev–Trinajstić information content (AvgIpc) is 2.55. The number of anilines is 1. The number of nitriles is 1. The van der Waals surface area contributed by atoms with Crippen LogP contribution in [0.25, 0.3) is 0 Å². The molecule has 2 aromatic rings. The molecule has 0 aliphatic heterocycles. The van der Waals surface area contributed by atoms with Crippen molar-refractivity contribution in [3.05, 3.63) is 49.9 Å². The van der Waals surface area contributed by atoms with E-state index in [1.807, 2.05) is 6.07 Å². The van der Waals surface area contributed by atoms with Crippen LogP contribution in [0.4, 0.5) is 5.69 Å². The first-order chi connectivity index (χ1) is 11.4. The van der Waals surface area contributed by atoms with Crippen molar-refractivity contribution in [1.82, 2.24) is 9.97 Å². The van der Waals surface area contributed by atoms with Crippen molar-refractivity contribution in [2.75, 3.05) is 11.1 Å². The summed E-state index contributed by atoms with van der Waals surface area (Å²) < 4.78 is 0. The van der Waals surface area contributed by atoms with Gasteiger partial charge in [0.2, 0.25) is 5.91 Å². The highest BCUT2D eigenvalue weighted by molar-refractivity contribution is 7.99. The zero-order valence-electron chi connectivity index (χ0n) is 12.5. The van der Waals surface area contributed by atoms with E-state index in [1.54, 1.807) is 25.1 Å². The maximum Gasteiger partial charge on any atom is 0.269 e. The van der Waals surface area contributed by atoms with E-state index >= 15 is 0 Å². The van der Waals surface area contributed by atoms with E-state index < -0.39 is 5.56 Å². The van der Waals surface area contributed by atoms with Crippen molar-refractivity contribution in [1.29, 1.82) is 5.26 Å². The van der Waals surface area contributed by atoms with Crippen LogP contribution in [0, 0.1) is 11.3 Å². The first-order valence-corrected chi connectivity index (χ1v) is 8.59. The van der Waals surface area contributed by atoms with Gasteiger partial charge in [0.25, 0.3) is 5.56 Å². The molecule has 1 heterocycles. The molecule has 0 bridgehead atoms. The number of thioether (sulfide) groups is 1. The Morgan fingerprint density at radius 3 is 2.79 bits per heavy atom. The fraction of sp³-hybridized carbons (Fsp3) is 0.200. The van der Waals surface area contributed by atoms with E-state index in [-0.39, 0.29) is 17.2 Å². The van der Waals surface area contributed by atoms with Gasteiger partial charge in [0.15, 0.2) is 5.16 Å². The minimum atomic E-state index is -0.503. The molecule has 1 aromatic heterocycles. The lowest BCUT2D eigenvalue weighted by atomic mass is 10.2. The number of aromatic nitrogens is 2. The Morgan fingerprint density at radius 2 is 2.17 bits per heavy atom. The van der Waals surface area contributed by atoms with Gasteiger partial charge in [-0.3, -0.25) is 9.59 Å². The number of aromatic amines is 1. The first-order valence-electron chi connectivity index (χ1n) is 6.85. The molecule has 6 nitrogen and oxygen atoms in total. The number of carbonyl (C=O) groups excluding carboxylic acids is 1. The molecule has 124 valence electrons. The predicted octanol–water partition coefficient (Wildman–Crippen LogP) is 3.24. The minimum absolute atomic E-state index is 0.00195. The van der Waals surface area contributed by atoms with Gasteiger partial charge >= 0.3 is 0 Å². The quantitative estimate of drug-likeness (QED) is 0.610. The molecule has 0 radical (unpaired) electrons. The zero-order valence-corrected chi connectivity index (χ0v) is 14.8. The number of hydrogen-bond acceptors (Lipinski definition) is 5. The van der Waals surface area contributed by atoms with Crippen LogP contribution >= 0.6 is 35.0 Å². The van der Waals surface area contributed by atoms with Crippen LogP contribution in [0.3, 0.4) is 0 Å². The molecule has 0 spiro atoms. The minimum Gasteiger partial charge on any atom is -0.325 e. The van der Waals surface area contributed by atoms with Gasteiger partial charge in [-0.1, -0.05) is 41.9 Å². The number of amides is 1. The van der Waals surface area contributed by atoms with Gasteiger partial charge in [-0.2, -0.15) is 5.26 Å². The van der Waals surface area contributed by atoms with Gasteiger partial charge in [0, 0.05) is 5.69 Å². The van der Waals surface area contributed by atoms with Gasteiger partial charge in [0.05, 0.1) is 21.5 Å². The number of H-pyrrole nitrogens is 1. The lowest BCUT2D eigenvalue weighted by Gasteiger charge is -2.07. The van der Waals surface area contributed by atoms with Crippen LogP contribution in [0.15, 0.2) is 28.2 Å². The second-order valence-corrected chi connectivity index (χ2v) is 6.40. The molecule has 1 amide bonds. The number of nitrogens with zero attached hydrogens (tertiary/aromatic N) is 2. The topological polar surface area (TPSA) is 98.6 Å². The maximum absolute atomic E-state index is 12.0. The van der Waals surface area contributed by atoms with Gasteiger partial charge in [-0.05, 0) is 24.6 Å². The Balaban J connectivity index is 2.04. The molecular formula is C15H12Cl2N4O2S. The molecule has 0 aliphatic rings. The number of hydrogen-bond donors (Lipinski definition) is 2. The third-order valence-corrected chi connectivity index (χ3v) is 4.57. The molecule has 9 heteroatoms. The molecule has 0 aliphatic carbocycles. The SMILES string of the molecule is CCc1nc(SCC(=O)Nc2ccc(Cl)c(Cl)c2)[nH]c(=O)c1C#N. The lowest BCUT2D eigenvalue weighted by Crippen LogP contribution is -2.18. The molecule has 0 saturated heterocycles. The molecule has 2 rings (SSSR count). The van der Waals surface area contributed by atoms with E-state index in [2.05, 4.69) is 15.3 Å². The van der Waals surface area contributed by atoms with Crippen LogP contribution in [-0.2, 0) is 11.2 Å². The Morgan fingerprint density at radius 1 is 1.42 bits per heavy atom. The average molecular weight is 383 g/mol. The first kappa shape index (κ1) is 18.3. The van der Waals surface area contributed by atoms with Crippen molar-refractivity contribution < 1.29 is 4.79 Å². The normalized spacial score (nSPS) is 10.2. The fourth-order valence-corrected chi connectivity index (χ4v) is 2.82. The number of aryl methyl sites for hydroxylation is 1. The van der Waals surface area contributed by atoms with Gasteiger partial charge in [0.1, 0.15) is 11.6 Å². The third-order valence-electron chi connectivity index (χ3n) is 2.96. The second-order valence-electron chi connectivity index (χ2n) is 4.62. The highest BCUT2D eigenvalue weighted by Gasteiger charge is 2.12. The third kappa shape index (κ3) is 4.51. The second kappa shape index (κ2) is 8.20. The van der Waals surface area contributed by atoms with Gasteiger partial charge in [-0.25, -0.2) is 4.98 Å². The smallest absolute Gasteiger partial charge is 0.269 e. The Hall–Kier alpha value is -2.01. The Bertz CT molecular complexity index is 877.